The van der Waals surface area contributed by atoms with E-state index in [1.165, 1.54) is 0 Å². The number of amides is 2. The molecule has 2 heterocycles. The van der Waals surface area contributed by atoms with Gasteiger partial charge in [0.1, 0.15) is 0 Å². The van der Waals surface area contributed by atoms with Crippen LogP contribution in [0, 0.1) is 11.8 Å². The van der Waals surface area contributed by atoms with Gasteiger partial charge in [0.05, 0.1) is 12.6 Å². The zero-order valence-corrected chi connectivity index (χ0v) is 14.7. The normalized spacial score (nSPS) is 16.8. The number of carbonyl (C=O) groups is 2. The predicted molar refractivity (Wildman–Crippen MR) is 91.3 cm³/mol. The quantitative estimate of drug-likeness (QED) is 0.899. The number of nitrogens with zero attached hydrogens (tertiary/aromatic N) is 2. The minimum Gasteiger partial charge on any atom is -0.449 e. The van der Waals surface area contributed by atoms with Crippen LogP contribution in [-0.2, 0) is 9.53 Å². The number of carbonyl (C=O) groups excluding carboxylic acids is 2. The molecule has 0 bridgehead atoms. The summed E-state index contributed by atoms with van der Waals surface area (Å²) in [6.07, 6.45) is 4.52. The molecule has 1 aliphatic heterocycles. The van der Waals surface area contributed by atoms with Crippen molar-refractivity contribution in [1.29, 1.82) is 0 Å². The fourth-order valence-electron chi connectivity index (χ4n) is 2.72. The number of aromatic nitrogens is 1. The highest BCUT2D eigenvalue weighted by molar-refractivity contribution is 5.79. The Labute approximate surface area is 143 Å². The lowest BCUT2D eigenvalue weighted by molar-refractivity contribution is -0.127. The van der Waals surface area contributed by atoms with Gasteiger partial charge >= 0.3 is 6.09 Å². The summed E-state index contributed by atoms with van der Waals surface area (Å²) in [5.41, 5.74) is 1.04. The number of pyridine rings is 1. The van der Waals surface area contributed by atoms with Crippen molar-refractivity contribution >= 4 is 12.0 Å². The van der Waals surface area contributed by atoms with Crippen LogP contribution in [0.2, 0.25) is 0 Å². The molecule has 1 N–H and O–H groups in total. The third kappa shape index (κ3) is 5.22. The molecule has 24 heavy (non-hydrogen) atoms. The topological polar surface area (TPSA) is 71.5 Å². The highest BCUT2D eigenvalue weighted by Gasteiger charge is 2.28. The zero-order valence-electron chi connectivity index (χ0n) is 14.7. The Hall–Kier alpha value is -2.11. The van der Waals surface area contributed by atoms with E-state index in [1.54, 1.807) is 17.3 Å². The molecule has 1 atom stereocenters. The Kier molecular flexibility index (Phi) is 6.58. The van der Waals surface area contributed by atoms with Crippen LogP contribution in [0.1, 0.15) is 45.2 Å². The number of likely N-dealkylation sites (tertiary alicyclic amines) is 1. The Morgan fingerprint density at radius 3 is 2.46 bits per heavy atom. The molecule has 0 aliphatic carbocycles. The molecule has 2 amide bonds. The molecule has 1 aliphatic rings. The molecule has 1 unspecified atom stereocenters. The molecule has 132 valence electrons. The van der Waals surface area contributed by atoms with E-state index in [0.717, 1.165) is 5.56 Å². The van der Waals surface area contributed by atoms with Crippen molar-refractivity contribution in [1.82, 2.24) is 15.2 Å². The van der Waals surface area contributed by atoms with Crippen molar-refractivity contribution in [2.45, 2.75) is 39.7 Å². The van der Waals surface area contributed by atoms with Crippen molar-refractivity contribution in [2.75, 3.05) is 19.7 Å². The summed E-state index contributed by atoms with van der Waals surface area (Å²) in [6, 6.07) is 3.76. The van der Waals surface area contributed by atoms with E-state index in [9.17, 15) is 9.59 Å². The van der Waals surface area contributed by atoms with Crippen molar-refractivity contribution in [3.05, 3.63) is 30.1 Å². The van der Waals surface area contributed by atoms with E-state index in [1.807, 2.05) is 32.9 Å². The third-order valence-corrected chi connectivity index (χ3v) is 4.23. The molecular formula is C18H27N3O3. The minimum atomic E-state index is -0.271. The van der Waals surface area contributed by atoms with E-state index in [-0.39, 0.29) is 24.0 Å². The van der Waals surface area contributed by atoms with Gasteiger partial charge in [-0.3, -0.25) is 9.78 Å². The van der Waals surface area contributed by atoms with Crippen LogP contribution in [0.5, 0.6) is 0 Å². The van der Waals surface area contributed by atoms with E-state index in [2.05, 4.69) is 10.3 Å². The number of piperidine rings is 1. The van der Waals surface area contributed by atoms with Crippen LogP contribution in [0.3, 0.4) is 0 Å². The maximum atomic E-state index is 12.4. The van der Waals surface area contributed by atoms with Crippen LogP contribution in [0.15, 0.2) is 24.5 Å². The summed E-state index contributed by atoms with van der Waals surface area (Å²) < 4.78 is 5.24. The molecule has 0 spiro atoms. The van der Waals surface area contributed by atoms with E-state index in [0.29, 0.717) is 38.5 Å². The fourth-order valence-corrected chi connectivity index (χ4v) is 2.72. The SMILES string of the molecule is CC(C)COC(=O)N1CCC(C(=O)NC(C)c2ccncc2)CC1. The van der Waals surface area contributed by atoms with Gasteiger partial charge in [-0.1, -0.05) is 13.8 Å². The summed E-state index contributed by atoms with van der Waals surface area (Å²) in [4.78, 5) is 30.0. The maximum Gasteiger partial charge on any atom is 0.409 e. The van der Waals surface area contributed by atoms with E-state index < -0.39 is 0 Å². The molecule has 1 fully saturated rings. The average molecular weight is 333 g/mol. The highest BCUT2D eigenvalue weighted by Crippen LogP contribution is 2.20. The molecule has 2 rings (SSSR count). The number of hydrogen-bond donors (Lipinski definition) is 1. The van der Waals surface area contributed by atoms with Crippen LogP contribution in [0.25, 0.3) is 0 Å². The fraction of sp³-hybridized carbons (Fsp3) is 0.611. The van der Waals surface area contributed by atoms with Crippen LogP contribution in [-0.4, -0.2) is 41.6 Å². The van der Waals surface area contributed by atoms with Crippen molar-refractivity contribution in [2.24, 2.45) is 11.8 Å². The number of rotatable bonds is 5. The second-order valence-corrected chi connectivity index (χ2v) is 6.74. The highest BCUT2D eigenvalue weighted by atomic mass is 16.6. The minimum absolute atomic E-state index is 0.0467. The first-order valence-electron chi connectivity index (χ1n) is 8.59. The van der Waals surface area contributed by atoms with Gasteiger partial charge in [0.25, 0.3) is 0 Å². The van der Waals surface area contributed by atoms with Gasteiger partial charge < -0.3 is 15.0 Å². The predicted octanol–water partition coefficient (Wildman–Crippen LogP) is 2.76. The molecule has 0 aromatic carbocycles. The Bertz CT molecular complexity index is 540. The van der Waals surface area contributed by atoms with E-state index >= 15 is 0 Å². The second kappa shape index (κ2) is 8.66. The monoisotopic (exact) mass is 333 g/mol. The van der Waals surface area contributed by atoms with E-state index in [4.69, 9.17) is 4.74 Å². The van der Waals surface area contributed by atoms with Gasteiger partial charge in [0.2, 0.25) is 5.91 Å². The molecule has 6 nitrogen and oxygen atoms in total. The smallest absolute Gasteiger partial charge is 0.409 e. The Morgan fingerprint density at radius 2 is 1.88 bits per heavy atom. The lowest BCUT2D eigenvalue weighted by atomic mass is 9.95. The molecule has 1 aromatic heterocycles. The van der Waals surface area contributed by atoms with Crippen molar-refractivity contribution in [3.8, 4) is 0 Å². The molecule has 6 heteroatoms. The van der Waals surface area contributed by atoms with Crippen molar-refractivity contribution in [3.63, 3.8) is 0 Å². The van der Waals surface area contributed by atoms with Gasteiger partial charge in [-0.2, -0.15) is 0 Å². The molecular weight excluding hydrogens is 306 g/mol. The summed E-state index contributed by atoms with van der Waals surface area (Å²) in [5.74, 6) is 0.324. The van der Waals surface area contributed by atoms with Gasteiger partial charge in [-0.15, -0.1) is 0 Å². The first-order chi connectivity index (χ1) is 11.5. The lowest BCUT2D eigenvalue weighted by Crippen LogP contribution is -2.43. The molecule has 1 aromatic rings. The molecule has 1 saturated heterocycles. The number of ether oxygens (including phenoxy) is 1. The molecule has 0 saturated carbocycles. The first kappa shape index (κ1) is 18.2. The zero-order chi connectivity index (χ0) is 17.5. The Balaban J connectivity index is 1.77. The summed E-state index contributed by atoms with van der Waals surface area (Å²) in [6.45, 7) is 7.55. The van der Waals surface area contributed by atoms with Gasteiger partial charge in [-0.05, 0) is 43.4 Å². The lowest BCUT2D eigenvalue weighted by Gasteiger charge is -2.31. The number of hydrogen-bond acceptors (Lipinski definition) is 4. The first-order valence-corrected chi connectivity index (χ1v) is 8.59. The average Bonchev–Trinajstić information content (AvgIpc) is 2.60. The second-order valence-electron chi connectivity index (χ2n) is 6.74. The van der Waals surface area contributed by atoms with Crippen LogP contribution in [0.4, 0.5) is 4.79 Å². The number of nitrogens with one attached hydrogen (secondary N) is 1. The maximum absolute atomic E-state index is 12.4. The summed E-state index contributed by atoms with van der Waals surface area (Å²) in [7, 11) is 0. The van der Waals surface area contributed by atoms with Crippen LogP contribution >= 0.6 is 0 Å². The van der Waals surface area contributed by atoms with Gasteiger partial charge in [0, 0.05) is 31.4 Å². The summed E-state index contributed by atoms with van der Waals surface area (Å²) in [5, 5.41) is 3.05. The third-order valence-electron chi connectivity index (χ3n) is 4.23. The summed E-state index contributed by atoms with van der Waals surface area (Å²) >= 11 is 0. The standard InChI is InChI=1S/C18H27N3O3/c1-13(2)12-24-18(23)21-10-6-16(7-11-21)17(22)20-14(3)15-4-8-19-9-5-15/h4-5,8-9,13-14,16H,6-7,10-12H2,1-3H3,(H,20,22). The molecule has 0 radical (unpaired) electrons. The largest absolute Gasteiger partial charge is 0.449 e. The van der Waals surface area contributed by atoms with Crippen LogP contribution < -0.4 is 5.32 Å². The van der Waals surface area contributed by atoms with Gasteiger partial charge in [-0.25, -0.2) is 4.79 Å². The van der Waals surface area contributed by atoms with Crippen molar-refractivity contribution < 1.29 is 14.3 Å². The van der Waals surface area contributed by atoms with Gasteiger partial charge in [0.15, 0.2) is 0 Å². The Morgan fingerprint density at radius 1 is 1.25 bits per heavy atom.